The first-order chi connectivity index (χ1) is 8.65. The number of hydrogen-bond acceptors (Lipinski definition) is 3. The predicted octanol–water partition coefficient (Wildman–Crippen LogP) is 2.34. The van der Waals surface area contributed by atoms with Gasteiger partial charge in [-0.25, -0.2) is 9.59 Å². The first-order valence-corrected chi connectivity index (χ1v) is 5.86. The molecule has 18 heavy (non-hydrogen) atoms. The highest BCUT2D eigenvalue weighted by atomic mass is 16.5. The van der Waals surface area contributed by atoms with Gasteiger partial charge in [-0.2, -0.15) is 0 Å². The molecule has 0 radical (unpaired) electrons. The Morgan fingerprint density at radius 2 is 2.00 bits per heavy atom. The van der Waals surface area contributed by atoms with Crippen molar-refractivity contribution in [1.82, 2.24) is 5.32 Å². The number of carboxylic acid groups (broad SMARTS) is 1. The number of unbranched alkanes of at least 4 members (excludes halogenated alkanes) is 1. The third kappa shape index (κ3) is 4.45. The Morgan fingerprint density at radius 3 is 2.56 bits per heavy atom. The summed E-state index contributed by atoms with van der Waals surface area (Å²) < 4.78 is 4.87. The lowest BCUT2D eigenvalue weighted by Crippen LogP contribution is -2.34. The number of nitrogens with one attached hydrogen (secondary N) is 1. The van der Waals surface area contributed by atoms with Gasteiger partial charge in [0, 0.05) is 0 Å². The summed E-state index contributed by atoms with van der Waals surface area (Å²) in [6.07, 6.45) is 0.963. The molecule has 5 heteroatoms. The fourth-order valence-electron chi connectivity index (χ4n) is 1.40. The first kappa shape index (κ1) is 14.0. The van der Waals surface area contributed by atoms with E-state index in [-0.39, 0.29) is 0 Å². The Labute approximate surface area is 106 Å². The third-order valence-corrected chi connectivity index (χ3v) is 2.37. The van der Waals surface area contributed by atoms with Gasteiger partial charge in [-0.15, -0.1) is 0 Å². The number of benzene rings is 1. The Morgan fingerprint density at radius 1 is 1.33 bits per heavy atom. The molecule has 1 aromatic rings. The zero-order valence-electron chi connectivity index (χ0n) is 10.3. The number of aliphatic carboxylic acids is 1. The van der Waals surface area contributed by atoms with Crippen LogP contribution in [0.1, 0.15) is 31.4 Å². The zero-order valence-corrected chi connectivity index (χ0v) is 10.3. The third-order valence-electron chi connectivity index (χ3n) is 2.37. The molecule has 0 bridgehead atoms. The molecular formula is C13H17NO4. The van der Waals surface area contributed by atoms with Crippen LogP contribution in [0.5, 0.6) is 0 Å². The van der Waals surface area contributed by atoms with E-state index in [9.17, 15) is 9.59 Å². The van der Waals surface area contributed by atoms with Crippen LogP contribution in [0.15, 0.2) is 30.3 Å². The molecule has 1 amide bonds. The van der Waals surface area contributed by atoms with Crippen molar-refractivity contribution >= 4 is 12.1 Å². The summed E-state index contributed by atoms with van der Waals surface area (Å²) in [5.74, 6) is -1.12. The maximum absolute atomic E-state index is 11.4. The minimum Gasteiger partial charge on any atom is -0.479 e. The highest BCUT2D eigenvalue weighted by Crippen LogP contribution is 2.12. The van der Waals surface area contributed by atoms with Crippen LogP contribution in [-0.2, 0) is 9.53 Å². The van der Waals surface area contributed by atoms with Gasteiger partial charge < -0.3 is 15.2 Å². The number of carbonyl (C=O) groups excluding carboxylic acids is 1. The van der Waals surface area contributed by atoms with Crippen molar-refractivity contribution in [1.29, 1.82) is 0 Å². The fraction of sp³-hybridized carbons (Fsp3) is 0.385. The van der Waals surface area contributed by atoms with Crippen LogP contribution in [-0.4, -0.2) is 23.8 Å². The number of amides is 1. The number of alkyl carbamates (subject to hydrolysis) is 1. The summed E-state index contributed by atoms with van der Waals surface area (Å²) in [4.78, 5) is 22.5. The van der Waals surface area contributed by atoms with Crippen molar-refractivity contribution in [3.8, 4) is 0 Å². The molecule has 1 rings (SSSR count). The average Bonchev–Trinajstić information content (AvgIpc) is 2.37. The monoisotopic (exact) mass is 251 g/mol. The molecular weight excluding hydrogens is 234 g/mol. The minimum absolute atomic E-state index is 0.295. The molecule has 1 atom stereocenters. The fourth-order valence-corrected chi connectivity index (χ4v) is 1.40. The van der Waals surface area contributed by atoms with E-state index < -0.39 is 18.1 Å². The van der Waals surface area contributed by atoms with E-state index in [0.29, 0.717) is 12.2 Å². The van der Waals surface area contributed by atoms with Crippen molar-refractivity contribution in [3.05, 3.63) is 35.9 Å². The molecule has 98 valence electrons. The van der Waals surface area contributed by atoms with E-state index in [4.69, 9.17) is 9.84 Å². The average molecular weight is 251 g/mol. The minimum atomic E-state index is -1.12. The molecule has 0 saturated carbocycles. The molecule has 2 N–H and O–H groups in total. The number of rotatable bonds is 6. The summed E-state index contributed by atoms with van der Waals surface area (Å²) in [7, 11) is 0. The van der Waals surface area contributed by atoms with Crippen LogP contribution in [0.2, 0.25) is 0 Å². The lowest BCUT2D eigenvalue weighted by Gasteiger charge is -2.14. The quantitative estimate of drug-likeness (QED) is 0.761. The smallest absolute Gasteiger partial charge is 0.408 e. The van der Waals surface area contributed by atoms with Crippen LogP contribution < -0.4 is 5.32 Å². The summed E-state index contributed by atoms with van der Waals surface area (Å²) in [5.41, 5.74) is 0.512. The van der Waals surface area contributed by atoms with Crippen molar-refractivity contribution in [2.24, 2.45) is 0 Å². The van der Waals surface area contributed by atoms with Gasteiger partial charge in [0.2, 0.25) is 0 Å². The maximum Gasteiger partial charge on any atom is 0.408 e. The number of carboxylic acids is 1. The summed E-state index contributed by atoms with van der Waals surface area (Å²) in [5, 5.41) is 11.4. The predicted molar refractivity (Wildman–Crippen MR) is 66.2 cm³/mol. The summed E-state index contributed by atoms with van der Waals surface area (Å²) in [6, 6.07) is 7.42. The van der Waals surface area contributed by atoms with E-state index >= 15 is 0 Å². The second-order valence-corrected chi connectivity index (χ2v) is 3.82. The van der Waals surface area contributed by atoms with Gasteiger partial charge in [0.05, 0.1) is 6.61 Å². The van der Waals surface area contributed by atoms with E-state index in [1.54, 1.807) is 30.3 Å². The van der Waals surface area contributed by atoms with Gasteiger partial charge in [-0.05, 0) is 12.0 Å². The SMILES string of the molecule is CCCCOC(=O)N[C@@H](C(=O)O)c1ccccc1. The van der Waals surface area contributed by atoms with Crippen LogP contribution in [0.25, 0.3) is 0 Å². The molecule has 0 unspecified atom stereocenters. The highest BCUT2D eigenvalue weighted by molar-refractivity contribution is 5.81. The Balaban J connectivity index is 2.59. The zero-order chi connectivity index (χ0) is 13.4. The molecule has 0 aliphatic heterocycles. The second-order valence-electron chi connectivity index (χ2n) is 3.82. The van der Waals surface area contributed by atoms with Gasteiger partial charge in [-0.3, -0.25) is 0 Å². The largest absolute Gasteiger partial charge is 0.479 e. The van der Waals surface area contributed by atoms with Crippen LogP contribution in [0.3, 0.4) is 0 Å². The van der Waals surface area contributed by atoms with Crippen molar-refractivity contribution < 1.29 is 19.4 Å². The summed E-state index contributed by atoms with van der Waals surface area (Å²) in [6.45, 7) is 2.27. The topological polar surface area (TPSA) is 75.6 Å². The van der Waals surface area contributed by atoms with Gasteiger partial charge >= 0.3 is 12.1 Å². The van der Waals surface area contributed by atoms with Crippen molar-refractivity contribution in [2.45, 2.75) is 25.8 Å². The van der Waals surface area contributed by atoms with Gasteiger partial charge in [0.15, 0.2) is 6.04 Å². The van der Waals surface area contributed by atoms with Crippen LogP contribution >= 0.6 is 0 Å². The molecule has 5 nitrogen and oxygen atoms in total. The van der Waals surface area contributed by atoms with Crippen molar-refractivity contribution in [2.75, 3.05) is 6.61 Å². The van der Waals surface area contributed by atoms with E-state index in [0.717, 1.165) is 12.8 Å². The molecule has 0 spiro atoms. The molecule has 0 aliphatic carbocycles. The van der Waals surface area contributed by atoms with Crippen molar-refractivity contribution in [3.63, 3.8) is 0 Å². The van der Waals surface area contributed by atoms with Crippen LogP contribution in [0, 0.1) is 0 Å². The van der Waals surface area contributed by atoms with Crippen LogP contribution in [0.4, 0.5) is 4.79 Å². The Hall–Kier alpha value is -2.04. The number of hydrogen-bond donors (Lipinski definition) is 2. The molecule has 0 saturated heterocycles. The lowest BCUT2D eigenvalue weighted by molar-refractivity contribution is -0.139. The molecule has 1 aromatic carbocycles. The molecule has 0 heterocycles. The highest BCUT2D eigenvalue weighted by Gasteiger charge is 2.22. The Kier molecular flexibility index (Phi) is 5.70. The molecule has 0 aromatic heterocycles. The van der Waals surface area contributed by atoms with E-state index in [1.165, 1.54) is 0 Å². The normalized spacial score (nSPS) is 11.6. The molecule has 0 aliphatic rings. The van der Waals surface area contributed by atoms with Gasteiger partial charge in [0.25, 0.3) is 0 Å². The van der Waals surface area contributed by atoms with Gasteiger partial charge in [-0.1, -0.05) is 43.7 Å². The second kappa shape index (κ2) is 7.32. The summed E-state index contributed by atoms with van der Waals surface area (Å²) >= 11 is 0. The maximum atomic E-state index is 11.4. The van der Waals surface area contributed by atoms with E-state index in [2.05, 4.69) is 5.32 Å². The number of ether oxygens (including phenoxy) is 1. The van der Waals surface area contributed by atoms with Gasteiger partial charge in [0.1, 0.15) is 0 Å². The molecule has 0 fully saturated rings. The Bertz CT molecular complexity index is 391. The lowest BCUT2D eigenvalue weighted by atomic mass is 10.1. The standard InChI is InChI=1S/C13H17NO4/c1-2-3-9-18-13(17)14-11(12(15)16)10-7-5-4-6-8-10/h4-8,11H,2-3,9H2,1H3,(H,14,17)(H,15,16)/t11-/m1/s1. The van der Waals surface area contributed by atoms with E-state index in [1.807, 2.05) is 6.92 Å². The number of carbonyl (C=O) groups is 2. The first-order valence-electron chi connectivity index (χ1n) is 5.86.